The highest BCUT2D eigenvalue weighted by Crippen LogP contribution is 2.60. The van der Waals surface area contributed by atoms with Gasteiger partial charge in [0.1, 0.15) is 0 Å². The largest absolute Gasteiger partial charge is 0.466 e. The Bertz CT molecular complexity index is 586. The molecule has 5 nitrogen and oxygen atoms in total. The van der Waals surface area contributed by atoms with Gasteiger partial charge in [-0.2, -0.15) is 0 Å². The van der Waals surface area contributed by atoms with Crippen molar-refractivity contribution in [3.05, 3.63) is 30.1 Å². The number of ether oxygens (including phenoxy) is 1. The van der Waals surface area contributed by atoms with Gasteiger partial charge in [-0.05, 0) is 37.3 Å². The van der Waals surface area contributed by atoms with Gasteiger partial charge in [0.05, 0.1) is 18.7 Å². The second-order valence-electron chi connectivity index (χ2n) is 5.84. The second kappa shape index (κ2) is 4.04. The molecular formula is C15H16N2O3. The van der Waals surface area contributed by atoms with Gasteiger partial charge in [-0.1, -0.05) is 5.16 Å². The summed E-state index contributed by atoms with van der Waals surface area (Å²) in [5.74, 6) is 0.415. The molecule has 0 unspecified atom stereocenters. The SMILES string of the molecule is COC(=O)[C@]12ON=C(c3cccnc3)[C@H]1[C@@H]1CC[C@H]2C1. The van der Waals surface area contributed by atoms with Crippen LogP contribution in [0.2, 0.25) is 0 Å². The van der Waals surface area contributed by atoms with Gasteiger partial charge in [-0.3, -0.25) is 4.98 Å². The third-order valence-corrected chi connectivity index (χ3v) is 5.06. The lowest BCUT2D eigenvalue weighted by molar-refractivity contribution is -0.177. The molecule has 2 aliphatic carbocycles. The molecule has 1 aliphatic heterocycles. The number of carbonyl (C=O) groups excluding carboxylic acids is 1. The van der Waals surface area contributed by atoms with Crippen molar-refractivity contribution in [3.8, 4) is 0 Å². The van der Waals surface area contributed by atoms with Gasteiger partial charge in [-0.15, -0.1) is 0 Å². The van der Waals surface area contributed by atoms with E-state index < -0.39 is 5.60 Å². The minimum Gasteiger partial charge on any atom is -0.466 e. The Labute approximate surface area is 117 Å². The van der Waals surface area contributed by atoms with Crippen molar-refractivity contribution in [1.82, 2.24) is 4.98 Å². The zero-order chi connectivity index (χ0) is 13.7. The van der Waals surface area contributed by atoms with Crippen LogP contribution in [0.5, 0.6) is 0 Å². The van der Waals surface area contributed by atoms with Crippen molar-refractivity contribution in [2.45, 2.75) is 24.9 Å². The van der Waals surface area contributed by atoms with Crippen molar-refractivity contribution in [2.24, 2.45) is 22.9 Å². The van der Waals surface area contributed by atoms with Crippen LogP contribution in [0.4, 0.5) is 0 Å². The predicted molar refractivity (Wildman–Crippen MR) is 70.9 cm³/mol. The summed E-state index contributed by atoms with van der Waals surface area (Å²) in [7, 11) is 1.42. The van der Waals surface area contributed by atoms with E-state index in [0.29, 0.717) is 5.92 Å². The number of fused-ring (bicyclic) bond motifs is 5. The summed E-state index contributed by atoms with van der Waals surface area (Å²) in [5.41, 5.74) is 0.912. The number of aromatic nitrogens is 1. The summed E-state index contributed by atoms with van der Waals surface area (Å²) in [4.78, 5) is 22.2. The fourth-order valence-corrected chi connectivity index (χ4v) is 4.29. The van der Waals surface area contributed by atoms with E-state index in [1.807, 2.05) is 12.1 Å². The first-order valence-electron chi connectivity index (χ1n) is 7.02. The highest BCUT2D eigenvalue weighted by Gasteiger charge is 2.70. The number of hydrogen-bond acceptors (Lipinski definition) is 5. The molecule has 3 aliphatic rings. The molecule has 0 saturated heterocycles. The van der Waals surface area contributed by atoms with E-state index in [2.05, 4.69) is 10.1 Å². The summed E-state index contributed by atoms with van der Waals surface area (Å²) < 4.78 is 5.02. The first-order chi connectivity index (χ1) is 9.77. The molecule has 2 bridgehead atoms. The molecule has 1 aromatic rings. The maximum atomic E-state index is 12.3. The van der Waals surface area contributed by atoms with Gasteiger partial charge in [-0.25, -0.2) is 4.79 Å². The molecule has 104 valence electrons. The number of pyridine rings is 1. The van der Waals surface area contributed by atoms with E-state index >= 15 is 0 Å². The van der Waals surface area contributed by atoms with Crippen molar-refractivity contribution in [3.63, 3.8) is 0 Å². The van der Waals surface area contributed by atoms with Gasteiger partial charge in [0.2, 0.25) is 5.60 Å². The number of carbonyl (C=O) groups is 1. The fraction of sp³-hybridized carbons (Fsp3) is 0.533. The summed E-state index contributed by atoms with van der Waals surface area (Å²) in [5, 5.41) is 4.25. The summed E-state index contributed by atoms with van der Waals surface area (Å²) in [6.07, 6.45) is 6.69. The van der Waals surface area contributed by atoms with E-state index in [-0.39, 0.29) is 17.8 Å². The second-order valence-corrected chi connectivity index (χ2v) is 5.84. The van der Waals surface area contributed by atoms with Gasteiger partial charge in [0, 0.05) is 23.9 Å². The van der Waals surface area contributed by atoms with Crippen molar-refractivity contribution >= 4 is 11.7 Å². The highest BCUT2D eigenvalue weighted by atomic mass is 16.7. The minimum atomic E-state index is -0.886. The summed E-state index contributed by atoms with van der Waals surface area (Å²) in [6.45, 7) is 0. The smallest absolute Gasteiger partial charge is 0.354 e. The van der Waals surface area contributed by atoms with Crippen LogP contribution in [-0.4, -0.2) is 29.4 Å². The van der Waals surface area contributed by atoms with Gasteiger partial charge in [0.25, 0.3) is 0 Å². The van der Waals surface area contributed by atoms with Crippen LogP contribution in [0.25, 0.3) is 0 Å². The lowest BCUT2D eigenvalue weighted by Gasteiger charge is -2.33. The normalized spacial score (nSPS) is 37.2. The topological polar surface area (TPSA) is 60.8 Å². The molecule has 0 aromatic carbocycles. The van der Waals surface area contributed by atoms with Gasteiger partial charge < -0.3 is 9.57 Å². The number of hydrogen-bond donors (Lipinski definition) is 0. The maximum Gasteiger partial charge on any atom is 0.354 e. The average molecular weight is 272 g/mol. The van der Waals surface area contributed by atoms with Crippen LogP contribution in [0.3, 0.4) is 0 Å². The van der Waals surface area contributed by atoms with E-state index in [4.69, 9.17) is 9.57 Å². The van der Waals surface area contributed by atoms with Crippen molar-refractivity contribution in [2.75, 3.05) is 7.11 Å². The predicted octanol–water partition coefficient (Wildman–Crippen LogP) is 1.77. The first-order valence-corrected chi connectivity index (χ1v) is 7.02. The van der Waals surface area contributed by atoms with Gasteiger partial charge in [0.15, 0.2) is 0 Å². The zero-order valence-corrected chi connectivity index (χ0v) is 11.3. The molecule has 5 heteroatoms. The van der Waals surface area contributed by atoms with E-state index in [1.165, 1.54) is 7.11 Å². The van der Waals surface area contributed by atoms with E-state index in [1.54, 1.807) is 12.4 Å². The third-order valence-electron chi connectivity index (χ3n) is 5.06. The maximum absolute atomic E-state index is 12.3. The van der Waals surface area contributed by atoms with Gasteiger partial charge >= 0.3 is 5.97 Å². The van der Waals surface area contributed by atoms with Crippen molar-refractivity contribution < 1.29 is 14.4 Å². The minimum absolute atomic E-state index is 0.0119. The standard InChI is InChI=1S/C15H16N2O3/c1-19-14(18)15-11-5-4-9(7-11)12(15)13(17-20-15)10-3-2-6-16-8-10/h2-3,6,8-9,11-12H,4-5,7H2,1H3/t9-,11+,12-,15-/m1/s1. The van der Waals surface area contributed by atoms with Crippen LogP contribution in [0.15, 0.2) is 29.7 Å². The quantitative estimate of drug-likeness (QED) is 0.770. The van der Waals surface area contributed by atoms with Crippen LogP contribution in [0, 0.1) is 17.8 Å². The Hall–Kier alpha value is -1.91. The Morgan fingerprint density at radius 3 is 3.15 bits per heavy atom. The average Bonchev–Trinajstić information content (AvgIpc) is 3.18. The highest BCUT2D eigenvalue weighted by molar-refractivity contribution is 6.07. The summed E-state index contributed by atoms with van der Waals surface area (Å²) in [6, 6.07) is 3.84. The molecule has 2 heterocycles. The molecule has 20 heavy (non-hydrogen) atoms. The zero-order valence-electron chi connectivity index (χ0n) is 11.3. The fourth-order valence-electron chi connectivity index (χ4n) is 4.29. The van der Waals surface area contributed by atoms with Crippen LogP contribution >= 0.6 is 0 Å². The lowest BCUT2D eigenvalue weighted by Crippen LogP contribution is -2.51. The number of rotatable bonds is 2. The Balaban J connectivity index is 1.78. The Morgan fingerprint density at radius 2 is 2.40 bits per heavy atom. The summed E-state index contributed by atoms with van der Waals surface area (Å²) >= 11 is 0. The molecule has 0 spiro atoms. The molecule has 0 amide bonds. The third kappa shape index (κ3) is 1.30. The molecule has 2 fully saturated rings. The monoisotopic (exact) mass is 272 g/mol. The first kappa shape index (κ1) is 11.9. The lowest BCUT2D eigenvalue weighted by atomic mass is 9.72. The number of methoxy groups -OCH3 is 1. The van der Waals surface area contributed by atoms with E-state index in [9.17, 15) is 4.79 Å². The van der Waals surface area contributed by atoms with Crippen LogP contribution < -0.4 is 0 Å². The Morgan fingerprint density at radius 1 is 1.50 bits per heavy atom. The number of nitrogens with zero attached hydrogens (tertiary/aromatic N) is 2. The Kier molecular flexibility index (Phi) is 2.40. The van der Waals surface area contributed by atoms with E-state index in [0.717, 1.165) is 30.5 Å². The molecule has 4 atom stereocenters. The number of oxime groups is 1. The van der Waals surface area contributed by atoms with Crippen LogP contribution in [-0.2, 0) is 14.4 Å². The molecule has 4 rings (SSSR count). The number of esters is 1. The molecule has 0 N–H and O–H groups in total. The molecular weight excluding hydrogens is 256 g/mol. The van der Waals surface area contributed by atoms with Crippen molar-refractivity contribution in [1.29, 1.82) is 0 Å². The van der Waals surface area contributed by atoms with Crippen LogP contribution in [0.1, 0.15) is 24.8 Å². The molecule has 1 aromatic heterocycles. The molecule has 2 saturated carbocycles. The molecule has 0 radical (unpaired) electrons.